The van der Waals surface area contributed by atoms with Crippen molar-refractivity contribution in [3.63, 3.8) is 0 Å². The van der Waals surface area contributed by atoms with Gasteiger partial charge in [0.2, 0.25) is 10.0 Å². The number of hydrogen-bond acceptors (Lipinski definition) is 6. The quantitative estimate of drug-likeness (QED) is 0.323. The summed E-state index contributed by atoms with van der Waals surface area (Å²) < 4.78 is 33.6. The summed E-state index contributed by atoms with van der Waals surface area (Å²) in [6.07, 6.45) is 3.57. The zero-order chi connectivity index (χ0) is 25.3. The molecule has 0 saturated heterocycles. The van der Waals surface area contributed by atoms with Crippen molar-refractivity contribution >= 4 is 49.9 Å². The van der Waals surface area contributed by atoms with E-state index in [2.05, 4.69) is 25.2 Å². The normalized spacial score (nSPS) is 11.4. The number of aryl methyl sites for hydroxylation is 1. The Morgan fingerprint density at radius 1 is 1.08 bits per heavy atom. The molecule has 36 heavy (non-hydrogen) atoms. The molecular formula is C25H18ClN5O4S. The number of aromatic amines is 1. The Hall–Kier alpha value is -4.28. The van der Waals surface area contributed by atoms with E-state index in [1.54, 1.807) is 43.6 Å². The lowest BCUT2D eigenvalue weighted by atomic mass is 10.0. The van der Waals surface area contributed by atoms with E-state index in [1.807, 2.05) is 12.1 Å². The number of pyridine rings is 2. The van der Waals surface area contributed by atoms with E-state index < -0.39 is 15.9 Å². The molecule has 0 saturated carbocycles. The van der Waals surface area contributed by atoms with Gasteiger partial charge in [0.1, 0.15) is 5.76 Å². The summed E-state index contributed by atoms with van der Waals surface area (Å²) >= 11 is 6.19. The first kappa shape index (κ1) is 23.5. The molecule has 3 aromatic heterocycles. The predicted octanol–water partition coefficient (Wildman–Crippen LogP) is 5.31. The zero-order valence-corrected chi connectivity index (χ0v) is 20.3. The minimum absolute atomic E-state index is 0.0417. The number of benzene rings is 2. The number of carbonyl (C=O) groups excluding carboxylic acids is 1. The van der Waals surface area contributed by atoms with Crippen molar-refractivity contribution in [1.82, 2.24) is 10.1 Å². The molecule has 0 bridgehead atoms. The van der Waals surface area contributed by atoms with Gasteiger partial charge in [-0.25, -0.2) is 18.4 Å². The first-order valence-corrected chi connectivity index (χ1v) is 12.5. The highest BCUT2D eigenvalue weighted by Crippen LogP contribution is 2.29. The molecule has 0 aliphatic rings. The van der Waals surface area contributed by atoms with Gasteiger partial charge in [0.25, 0.3) is 5.91 Å². The molecule has 5 rings (SSSR count). The number of nitrogens with zero attached hydrogens (tertiary/aromatic N) is 3. The summed E-state index contributed by atoms with van der Waals surface area (Å²) in [6.45, 7) is 1.64. The van der Waals surface area contributed by atoms with Gasteiger partial charge in [-0.1, -0.05) is 11.6 Å². The van der Waals surface area contributed by atoms with Gasteiger partial charge in [-0.05, 0) is 73.4 Å². The Morgan fingerprint density at radius 2 is 1.89 bits per heavy atom. The highest BCUT2D eigenvalue weighted by atomic mass is 35.5. The first-order valence-electron chi connectivity index (χ1n) is 10.7. The molecule has 180 valence electrons. The van der Waals surface area contributed by atoms with Gasteiger partial charge in [-0.3, -0.25) is 9.95 Å². The van der Waals surface area contributed by atoms with Crippen LogP contribution in [0, 0.1) is 6.92 Å². The summed E-state index contributed by atoms with van der Waals surface area (Å²) in [5.74, 6) is 0.00427. The first-order chi connectivity index (χ1) is 17.3. The van der Waals surface area contributed by atoms with E-state index in [4.69, 9.17) is 16.1 Å². The van der Waals surface area contributed by atoms with Crippen molar-refractivity contribution in [2.24, 2.45) is 0 Å². The van der Waals surface area contributed by atoms with Crippen molar-refractivity contribution < 1.29 is 22.7 Å². The fourth-order valence-corrected chi connectivity index (χ4v) is 4.66. The van der Waals surface area contributed by atoms with Crippen molar-refractivity contribution in [3.05, 3.63) is 100 Å². The topological polar surface area (TPSA) is 130 Å². The molecule has 0 atom stereocenters. The third-order valence-corrected chi connectivity index (χ3v) is 6.79. The number of carbonyl (C=O) groups is 1. The van der Waals surface area contributed by atoms with E-state index in [1.165, 1.54) is 30.3 Å². The van der Waals surface area contributed by atoms with Crippen LogP contribution in [-0.4, -0.2) is 24.5 Å². The van der Waals surface area contributed by atoms with E-state index in [-0.39, 0.29) is 10.7 Å². The molecule has 0 spiro atoms. The lowest BCUT2D eigenvalue weighted by Crippen LogP contribution is -2.13. The Morgan fingerprint density at radius 3 is 2.58 bits per heavy atom. The predicted molar refractivity (Wildman–Crippen MR) is 135 cm³/mol. The SMILES string of the molecule is Cc1cc([N-]S(=O)(=O)c2ccc(NC(=O)c3cc(-c4ccc[nH+]c4)nc4ccc(Cl)cc34)cc2)no1. The maximum atomic E-state index is 13.3. The average Bonchev–Trinajstić information content (AvgIpc) is 3.27. The van der Waals surface area contributed by atoms with Gasteiger partial charge in [-0.15, -0.1) is 0 Å². The molecule has 0 aliphatic carbocycles. The molecular weight excluding hydrogens is 502 g/mol. The van der Waals surface area contributed by atoms with Gasteiger partial charge in [0.05, 0.1) is 27.2 Å². The fourth-order valence-electron chi connectivity index (χ4n) is 3.57. The van der Waals surface area contributed by atoms with Gasteiger partial charge in [0.15, 0.2) is 12.4 Å². The number of sulfonamides is 1. The van der Waals surface area contributed by atoms with Crippen LogP contribution in [-0.2, 0) is 10.0 Å². The molecule has 0 radical (unpaired) electrons. The van der Waals surface area contributed by atoms with Gasteiger partial charge >= 0.3 is 0 Å². The molecule has 0 aliphatic heterocycles. The second-order valence-corrected chi connectivity index (χ2v) is 9.89. The van der Waals surface area contributed by atoms with E-state index in [0.717, 1.165) is 5.56 Å². The number of amides is 1. The van der Waals surface area contributed by atoms with E-state index in [9.17, 15) is 13.2 Å². The Bertz CT molecular complexity index is 1690. The van der Waals surface area contributed by atoms with Crippen molar-refractivity contribution in [3.8, 4) is 11.3 Å². The molecule has 3 heterocycles. The number of hydrogen-bond donors (Lipinski definition) is 1. The molecule has 11 heteroatoms. The number of rotatable bonds is 6. The van der Waals surface area contributed by atoms with Crippen LogP contribution in [0.1, 0.15) is 16.1 Å². The smallest absolute Gasteiger partial charge is 0.256 e. The molecule has 1 amide bonds. The number of anilines is 1. The number of fused-ring (bicyclic) bond motifs is 1. The zero-order valence-electron chi connectivity index (χ0n) is 18.8. The van der Waals surface area contributed by atoms with E-state index >= 15 is 0 Å². The highest BCUT2D eigenvalue weighted by Gasteiger charge is 2.17. The third-order valence-electron chi connectivity index (χ3n) is 5.26. The van der Waals surface area contributed by atoms with Crippen LogP contribution >= 0.6 is 11.6 Å². The molecule has 0 fully saturated rings. The second-order valence-electron chi connectivity index (χ2n) is 7.85. The summed E-state index contributed by atoms with van der Waals surface area (Å²) in [6, 6.07) is 17.7. The van der Waals surface area contributed by atoms with Crippen LogP contribution in [0.4, 0.5) is 11.5 Å². The summed E-state index contributed by atoms with van der Waals surface area (Å²) in [4.78, 5) is 20.9. The maximum Gasteiger partial charge on any atom is 0.256 e. The minimum atomic E-state index is -4.00. The van der Waals surface area contributed by atoms with Crippen LogP contribution in [0.5, 0.6) is 0 Å². The second kappa shape index (κ2) is 9.40. The van der Waals surface area contributed by atoms with Gasteiger partial charge in [-0.2, -0.15) is 0 Å². The van der Waals surface area contributed by atoms with E-state index in [0.29, 0.717) is 38.6 Å². The Balaban J connectivity index is 1.43. The number of nitrogens with one attached hydrogen (secondary N) is 2. The monoisotopic (exact) mass is 519 g/mol. The Labute approximate surface area is 211 Å². The van der Waals surface area contributed by atoms with Gasteiger partial charge < -0.3 is 14.6 Å². The molecule has 0 unspecified atom stereocenters. The average molecular weight is 520 g/mol. The van der Waals surface area contributed by atoms with Crippen LogP contribution in [0.25, 0.3) is 26.9 Å². The van der Waals surface area contributed by atoms with Crippen LogP contribution in [0.15, 0.2) is 88.5 Å². The summed E-state index contributed by atoms with van der Waals surface area (Å²) in [5, 5.41) is 7.45. The molecule has 2 aromatic carbocycles. The van der Waals surface area contributed by atoms with Crippen molar-refractivity contribution in [2.45, 2.75) is 11.8 Å². The van der Waals surface area contributed by atoms with Crippen molar-refractivity contribution in [1.29, 1.82) is 0 Å². The summed E-state index contributed by atoms with van der Waals surface area (Å²) in [5.41, 5.74) is 2.80. The van der Waals surface area contributed by atoms with Gasteiger partial charge in [0, 0.05) is 22.2 Å². The fraction of sp³-hybridized carbons (Fsp3) is 0.0400. The van der Waals surface area contributed by atoms with Crippen LogP contribution in [0.2, 0.25) is 5.02 Å². The molecule has 9 nitrogen and oxygen atoms in total. The largest absolute Gasteiger partial charge is 0.460 e. The molecule has 2 N–H and O–H groups in total. The lowest BCUT2D eigenvalue weighted by molar-refractivity contribution is -0.377. The lowest BCUT2D eigenvalue weighted by Gasteiger charge is -2.13. The maximum absolute atomic E-state index is 13.3. The molecule has 5 aromatic rings. The van der Waals surface area contributed by atoms with Crippen LogP contribution < -0.4 is 10.3 Å². The standard InChI is InChI=1S/C25H18ClN5O4S/c1-15-11-24(30-35-15)31-36(33,34)19-7-5-18(6-8-19)28-25(32)21-13-23(16-3-2-10-27-14-16)29-22-9-4-17(26)12-20(21)22/h2-14H,1H3,(H2,28,30,31,32). The highest BCUT2D eigenvalue weighted by molar-refractivity contribution is 7.94. The third kappa shape index (κ3) is 4.90. The minimum Gasteiger partial charge on any atom is -0.460 e. The number of aromatic nitrogens is 3. The Kier molecular flexibility index (Phi) is 6.13. The van der Waals surface area contributed by atoms with Crippen molar-refractivity contribution in [2.75, 3.05) is 5.32 Å². The summed E-state index contributed by atoms with van der Waals surface area (Å²) in [7, 11) is -4.00. The number of H-pyrrole nitrogens is 1. The van der Waals surface area contributed by atoms with Crippen LogP contribution in [0.3, 0.4) is 0 Å². The number of halogens is 1.